The number of para-hydroxylation sites is 1. The van der Waals surface area contributed by atoms with E-state index in [1.165, 1.54) is 0 Å². The van der Waals surface area contributed by atoms with Gasteiger partial charge < -0.3 is 10.1 Å². The van der Waals surface area contributed by atoms with Crippen LogP contribution in [0.5, 0.6) is 0 Å². The molecule has 94 valence electrons. The molecule has 1 unspecified atom stereocenters. The van der Waals surface area contributed by atoms with Crippen molar-refractivity contribution in [3.63, 3.8) is 0 Å². The molecular formula is C14H10N2O3. The molecule has 0 saturated heterocycles. The van der Waals surface area contributed by atoms with E-state index in [4.69, 9.17) is 0 Å². The maximum Gasteiger partial charge on any atom is 0.320 e. The summed E-state index contributed by atoms with van der Waals surface area (Å²) in [6, 6.07) is 10.2. The minimum Gasteiger partial charge on any atom is -0.480 e. The molecule has 3 rings (SSSR count). The number of aromatic amines is 1. The fraction of sp³-hybridized carbons (Fsp3) is 0.0714. The van der Waals surface area contributed by atoms with Gasteiger partial charge in [-0.1, -0.05) is 12.1 Å². The summed E-state index contributed by atoms with van der Waals surface area (Å²) >= 11 is 0. The fourth-order valence-corrected chi connectivity index (χ4v) is 2.19. The number of aromatic nitrogens is 1. The van der Waals surface area contributed by atoms with Crippen LogP contribution in [0.4, 0.5) is 5.69 Å². The molecule has 1 aromatic heterocycles. The van der Waals surface area contributed by atoms with Gasteiger partial charge in [0.1, 0.15) is 0 Å². The van der Waals surface area contributed by atoms with Crippen LogP contribution < -0.4 is 0 Å². The Kier molecular flexibility index (Phi) is 2.52. The predicted molar refractivity (Wildman–Crippen MR) is 68.9 cm³/mol. The molecule has 1 aromatic carbocycles. The number of carboxylic acid groups (broad SMARTS) is 1. The van der Waals surface area contributed by atoms with Gasteiger partial charge in [-0.05, 0) is 24.3 Å². The van der Waals surface area contributed by atoms with Crippen molar-refractivity contribution in [1.29, 1.82) is 0 Å². The summed E-state index contributed by atoms with van der Waals surface area (Å²) in [4.78, 5) is 30.9. The number of hydrogen-bond acceptors (Lipinski definition) is 3. The van der Waals surface area contributed by atoms with E-state index in [2.05, 4.69) is 9.98 Å². The molecule has 5 nitrogen and oxygen atoms in total. The van der Waals surface area contributed by atoms with Crippen LogP contribution in [-0.4, -0.2) is 27.6 Å². The Balaban J connectivity index is 2.23. The van der Waals surface area contributed by atoms with E-state index in [9.17, 15) is 14.7 Å². The molecule has 0 bridgehead atoms. The topological polar surface area (TPSA) is 82.5 Å². The number of rotatable bonds is 2. The zero-order chi connectivity index (χ0) is 13.4. The molecule has 2 aromatic rings. The average molecular weight is 254 g/mol. The molecule has 19 heavy (non-hydrogen) atoms. The van der Waals surface area contributed by atoms with Crippen LogP contribution in [0.25, 0.3) is 0 Å². The number of ketones is 1. The summed E-state index contributed by atoms with van der Waals surface area (Å²) in [5, 5.41) is 9.29. The number of aliphatic imine (C=N–C) groups is 1. The van der Waals surface area contributed by atoms with E-state index in [0.29, 0.717) is 16.9 Å². The van der Waals surface area contributed by atoms with Gasteiger partial charge in [0.15, 0.2) is 11.7 Å². The molecule has 0 saturated carbocycles. The number of nitrogens with zero attached hydrogens (tertiary/aromatic N) is 1. The van der Waals surface area contributed by atoms with E-state index in [1.807, 2.05) is 0 Å². The highest BCUT2D eigenvalue weighted by molar-refractivity contribution is 6.31. The SMILES string of the molecule is O=C(O)C1C(=O)c2ccccc2N=C1c1ccc[nH]1. The summed E-state index contributed by atoms with van der Waals surface area (Å²) in [6.07, 6.45) is 1.67. The minimum absolute atomic E-state index is 0.251. The van der Waals surface area contributed by atoms with Gasteiger partial charge in [0, 0.05) is 11.8 Å². The highest BCUT2D eigenvalue weighted by Crippen LogP contribution is 2.30. The lowest BCUT2D eigenvalue weighted by molar-refractivity contribution is -0.137. The molecule has 0 fully saturated rings. The van der Waals surface area contributed by atoms with Crippen molar-refractivity contribution in [2.24, 2.45) is 10.9 Å². The Bertz CT molecular complexity index is 686. The lowest BCUT2D eigenvalue weighted by Crippen LogP contribution is -2.35. The molecule has 0 radical (unpaired) electrons. The van der Waals surface area contributed by atoms with Crippen molar-refractivity contribution in [3.8, 4) is 0 Å². The van der Waals surface area contributed by atoms with Crippen LogP contribution in [0.3, 0.4) is 0 Å². The molecular weight excluding hydrogens is 244 g/mol. The van der Waals surface area contributed by atoms with E-state index in [1.54, 1.807) is 42.6 Å². The number of carbonyl (C=O) groups is 2. The Labute approximate surface area is 108 Å². The fourth-order valence-electron chi connectivity index (χ4n) is 2.19. The Morgan fingerprint density at radius 2 is 2.00 bits per heavy atom. The first-order valence-electron chi connectivity index (χ1n) is 5.77. The van der Waals surface area contributed by atoms with Crippen LogP contribution >= 0.6 is 0 Å². The van der Waals surface area contributed by atoms with Gasteiger partial charge >= 0.3 is 5.97 Å². The first-order chi connectivity index (χ1) is 9.18. The monoisotopic (exact) mass is 254 g/mol. The first-order valence-corrected chi connectivity index (χ1v) is 5.77. The predicted octanol–water partition coefficient (Wildman–Crippen LogP) is 2.03. The van der Waals surface area contributed by atoms with Gasteiger partial charge in [0.05, 0.1) is 17.1 Å². The number of hydrogen-bond donors (Lipinski definition) is 2. The number of carboxylic acids is 1. The van der Waals surface area contributed by atoms with Crippen molar-refractivity contribution >= 4 is 23.2 Å². The van der Waals surface area contributed by atoms with E-state index < -0.39 is 17.7 Å². The van der Waals surface area contributed by atoms with Crippen LogP contribution in [-0.2, 0) is 4.79 Å². The highest BCUT2D eigenvalue weighted by Gasteiger charge is 2.37. The van der Waals surface area contributed by atoms with Crippen molar-refractivity contribution in [3.05, 3.63) is 53.9 Å². The molecule has 0 amide bonds. The second kappa shape index (κ2) is 4.20. The Morgan fingerprint density at radius 1 is 1.21 bits per heavy atom. The van der Waals surface area contributed by atoms with Crippen LogP contribution in [0.15, 0.2) is 47.6 Å². The van der Waals surface area contributed by atoms with Gasteiger partial charge in [0.25, 0.3) is 0 Å². The van der Waals surface area contributed by atoms with Gasteiger partial charge in [-0.15, -0.1) is 0 Å². The maximum absolute atomic E-state index is 12.3. The van der Waals surface area contributed by atoms with E-state index >= 15 is 0 Å². The third kappa shape index (κ3) is 1.76. The number of aliphatic carboxylic acids is 1. The van der Waals surface area contributed by atoms with Crippen molar-refractivity contribution in [2.75, 3.05) is 0 Å². The van der Waals surface area contributed by atoms with Gasteiger partial charge in [-0.3, -0.25) is 9.59 Å². The van der Waals surface area contributed by atoms with Crippen LogP contribution in [0.1, 0.15) is 16.1 Å². The number of fused-ring (bicyclic) bond motifs is 1. The lowest BCUT2D eigenvalue weighted by atomic mass is 9.88. The molecule has 2 N–H and O–H groups in total. The first kappa shape index (κ1) is 11.4. The van der Waals surface area contributed by atoms with Crippen molar-refractivity contribution in [1.82, 2.24) is 4.98 Å². The number of nitrogens with one attached hydrogen (secondary N) is 1. The lowest BCUT2D eigenvalue weighted by Gasteiger charge is -2.20. The molecule has 1 atom stereocenters. The summed E-state index contributed by atoms with van der Waals surface area (Å²) in [5.74, 6) is -2.87. The number of Topliss-reactive ketones (excluding diaryl/α,β-unsaturated/α-hetero) is 1. The quantitative estimate of drug-likeness (QED) is 0.804. The van der Waals surface area contributed by atoms with Gasteiger partial charge in [0.2, 0.25) is 0 Å². The van der Waals surface area contributed by atoms with Crippen molar-refractivity contribution in [2.45, 2.75) is 0 Å². The normalized spacial score (nSPS) is 17.8. The molecule has 2 heterocycles. The molecule has 1 aliphatic rings. The number of carbonyl (C=O) groups excluding carboxylic acids is 1. The van der Waals surface area contributed by atoms with Crippen molar-refractivity contribution < 1.29 is 14.7 Å². The number of H-pyrrole nitrogens is 1. The molecule has 5 heteroatoms. The highest BCUT2D eigenvalue weighted by atomic mass is 16.4. The minimum atomic E-state index is -1.26. The number of benzene rings is 1. The summed E-state index contributed by atoms with van der Waals surface area (Å²) in [5.41, 5.74) is 1.66. The third-order valence-electron chi connectivity index (χ3n) is 3.07. The molecule has 0 spiro atoms. The van der Waals surface area contributed by atoms with E-state index in [0.717, 1.165) is 0 Å². The average Bonchev–Trinajstić information content (AvgIpc) is 2.92. The second-order valence-corrected chi connectivity index (χ2v) is 4.23. The standard InChI is InChI=1S/C14H10N2O3/c17-13-8-4-1-2-5-9(8)16-12(11(13)14(18)19)10-6-3-7-15-10/h1-7,11,15H,(H,18,19). The summed E-state index contributed by atoms with van der Waals surface area (Å²) in [7, 11) is 0. The van der Waals surface area contributed by atoms with E-state index in [-0.39, 0.29) is 5.71 Å². The summed E-state index contributed by atoms with van der Waals surface area (Å²) < 4.78 is 0. The molecule has 1 aliphatic heterocycles. The smallest absolute Gasteiger partial charge is 0.320 e. The van der Waals surface area contributed by atoms with Crippen LogP contribution in [0.2, 0.25) is 0 Å². The molecule has 0 aliphatic carbocycles. The Morgan fingerprint density at radius 3 is 2.68 bits per heavy atom. The van der Waals surface area contributed by atoms with Gasteiger partial charge in [-0.2, -0.15) is 0 Å². The zero-order valence-electron chi connectivity index (χ0n) is 9.83. The third-order valence-corrected chi connectivity index (χ3v) is 3.07. The largest absolute Gasteiger partial charge is 0.480 e. The Hall–Kier alpha value is -2.69. The van der Waals surface area contributed by atoms with Gasteiger partial charge in [-0.25, -0.2) is 4.99 Å². The second-order valence-electron chi connectivity index (χ2n) is 4.23. The zero-order valence-corrected chi connectivity index (χ0v) is 9.83. The summed E-state index contributed by atoms with van der Waals surface area (Å²) in [6.45, 7) is 0. The van der Waals surface area contributed by atoms with Crippen LogP contribution in [0, 0.1) is 5.92 Å². The maximum atomic E-state index is 12.3.